The molecule has 2 aromatic carbocycles. The van der Waals surface area contributed by atoms with E-state index in [4.69, 9.17) is 14.6 Å². The predicted molar refractivity (Wildman–Crippen MR) is 71.9 cm³/mol. The molecule has 1 N–H and O–H groups in total. The molecule has 20 heavy (non-hydrogen) atoms. The number of ether oxygens (including phenoxy) is 2. The number of carboxylic acids is 1. The molecule has 0 unspecified atom stereocenters. The molecule has 2 aromatic rings. The summed E-state index contributed by atoms with van der Waals surface area (Å²) < 4.78 is 23.5. The third-order valence-electron chi connectivity index (χ3n) is 2.92. The van der Waals surface area contributed by atoms with Gasteiger partial charge >= 0.3 is 5.97 Å². The quantitative estimate of drug-likeness (QED) is 0.931. The number of halogens is 1. The summed E-state index contributed by atoms with van der Waals surface area (Å²) in [5.74, 6) is -1.20. The molecule has 5 heteroatoms. The third kappa shape index (κ3) is 2.56. The summed E-state index contributed by atoms with van der Waals surface area (Å²) >= 11 is 0. The Morgan fingerprint density at radius 2 is 1.55 bits per heavy atom. The van der Waals surface area contributed by atoms with E-state index in [9.17, 15) is 9.18 Å². The summed E-state index contributed by atoms with van der Waals surface area (Å²) in [5, 5.41) is 9.13. The topological polar surface area (TPSA) is 55.8 Å². The molecule has 0 amide bonds. The Morgan fingerprint density at radius 3 is 2.05 bits per heavy atom. The summed E-state index contributed by atoms with van der Waals surface area (Å²) in [7, 11) is 2.78. The average Bonchev–Trinajstić information content (AvgIpc) is 2.46. The van der Waals surface area contributed by atoms with Gasteiger partial charge in [-0.25, -0.2) is 9.18 Å². The number of benzene rings is 2. The molecule has 0 fully saturated rings. The molecule has 0 aliphatic carbocycles. The van der Waals surface area contributed by atoms with Gasteiger partial charge < -0.3 is 14.6 Å². The second-order valence-electron chi connectivity index (χ2n) is 4.07. The van der Waals surface area contributed by atoms with Crippen molar-refractivity contribution < 1.29 is 23.8 Å². The fourth-order valence-corrected chi connectivity index (χ4v) is 1.90. The lowest BCUT2D eigenvalue weighted by Crippen LogP contribution is -2.00. The van der Waals surface area contributed by atoms with E-state index >= 15 is 0 Å². The van der Waals surface area contributed by atoms with Crippen LogP contribution in [-0.4, -0.2) is 25.3 Å². The monoisotopic (exact) mass is 276 g/mol. The third-order valence-corrected chi connectivity index (χ3v) is 2.92. The van der Waals surface area contributed by atoms with Gasteiger partial charge in [-0.05, 0) is 35.4 Å². The summed E-state index contributed by atoms with van der Waals surface area (Å²) in [6.45, 7) is 0. The Kier molecular flexibility index (Phi) is 3.89. The van der Waals surface area contributed by atoms with Crippen LogP contribution in [0.5, 0.6) is 11.5 Å². The van der Waals surface area contributed by atoms with Gasteiger partial charge in [-0.1, -0.05) is 12.1 Å². The van der Waals surface area contributed by atoms with Crippen LogP contribution in [0.15, 0.2) is 36.4 Å². The molecule has 0 aromatic heterocycles. The van der Waals surface area contributed by atoms with Crippen LogP contribution in [0.4, 0.5) is 4.39 Å². The van der Waals surface area contributed by atoms with E-state index < -0.39 is 11.8 Å². The fourth-order valence-electron chi connectivity index (χ4n) is 1.90. The van der Waals surface area contributed by atoms with Crippen LogP contribution < -0.4 is 9.47 Å². The van der Waals surface area contributed by atoms with Gasteiger partial charge in [0.1, 0.15) is 11.3 Å². The number of methoxy groups -OCH3 is 2. The molecule has 104 valence electrons. The van der Waals surface area contributed by atoms with Gasteiger partial charge in [0.15, 0.2) is 11.6 Å². The minimum absolute atomic E-state index is 0.0289. The van der Waals surface area contributed by atoms with Gasteiger partial charge in [-0.3, -0.25) is 0 Å². The first-order chi connectivity index (χ1) is 9.56. The molecule has 0 atom stereocenters. The Balaban J connectivity index is 2.50. The van der Waals surface area contributed by atoms with Crippen LogP contribution in [0.2, 0.25) is 0 Å². The van der Waals surface area contributed by atoms with Crippen LogP contribution in [0, 0.1) is 5.82 Å². The van der Waals surface area contributed by atoms with E-state index in [2.05, 4.69) is 0 Å². The van der Waals surface area contributed by atoms with Crippen molar-refractivity contribution >= 4 is 5.97 Å². The number of rotatable bonds is 4. The summed E-state index contributed by atoms with van der Waals surface area (Å²) in [6, 6.07) is 9.12. The first-order valence-corrected chi connectivity index (χ1v) is 5.82. The number of hydrogen-bond donors (Lipinski definition) is 1. The first-order valence-electron chi connectivity index (χ1n) is 5.82. The molecule has 0 spiro atoms. The Hall–Kier alpha value is -2.56. The Labute approximate surface area is 115 Å². The SMILES string of the molecule is COc1ccc(-c2ccc(OC)c(C(=O)O)c2)cc1F. The van der Waals surface area contributed by atoms with E-state index in [1.54, 1.807) is 18.2 Å². The maximum absolute atomic E-state index is 13.7. The molecule has 0 saturated heterocycles. The molecule has 0 aliphatic rings. The summed E-state index contributed by atoms with van der Waals surface area (Å²) in [6.07, 6.45) is 0. The molecule has 4 nitrogen and oxygen atoms in total. The maximum atomic E-state index is 13.7. The van der Waals surface area contributed by atoms with Gasteiger partial charge in [-0.15, -0.1) is 0 Å². The van der Waals surface area contributed by atoms with Crippen molar-refractivity contribution in [2.45, 2.75) is 0 Å². The van der Waals surface area contributed by atoms with Gasteiger partial charge in [0.25, 0.3) is 0 Å². The van der Waals surface area contributed by atoms with Gasteiger partial charge in [0.05, 0.1) is 14.2 Å². The second kappa shape index (κ2) is 5.61. The highest BCUT2D eigenvalue weighted by Gasteiger charge is 2.13. The molecule has 0 radical (unpaired) electrons. The lowest BCUT2D eigenvalue weighted by molar-refractivity contribution is 0.0693. The van der Waals surface area contributed by atoms with Gasteiger partial charge in [0, 0.05) is 0 Å². The lowest BCUT2D eigenvalue weighted by atomic mass is 10.0. The molecular formula is C15H13FO4. The summed E-state index contributed by atoms with van der Waals surface area (Å²) in [4.78, 5) is 11.2. The smallest absolute Gasteiger partial charge is 0.339 e. The van der Waals surface area contributed by atoms with Gasteiger partial charge in [-0.2, -0.15) is 0 Å². The van der Waals surface area contributed by atoms with Crippen LogP contribution in [0.25, 0.3) is 11.1 Å². The van der Waals surface area contributed by atoms with E-state index in [1.165, 1.54) is 32.4 Å². The average molecular weight is 276 g/mol. The maximum Gasteiger partial charge on any atom is 0.339 e. The van der Waals surface area contributed by atoms with Crippen molar-refractivity contribution in [2.24, 2.45) is 0 Å². The normalized spacial score (nSPS) is 10.2. The zero-order valence-corrected chi connectivity index (χ0v) is 11.0. The molecule has 0 saturated carbocycles. The Morgan fingerprint density at radius 1 is 1.00 bits per heavy atom. The van der Waals surface area contributed by atoms with Crippen LogP contribution in [0.1, 0.15) is 10.4 Å². The van der Waals surface area contributed by atoms with E-state index in [1.807, 2.05) is 0 Å². The first kappa shape index (κ1) is 13.9. The zero-order chi connectivity index (χ0) is 14.7. The van der Waals surface area contributed by atoms with E-state index in [0.29, 0.717) is 11.1 Å². The van der Waals surface area contributed by atoms with Crippen molar-refractivity contribution in [3.05, 3.63) is 47.8 Å². The minimum atomic E-state index is -1.10. The van der Waals surface area contributed by atoms with Crippen LogP contribution in [0.3, 0.4) is 0 Å². The number of aromatic carboxylic acids is 1. The highest BCUT2D eigenvalue weighted by atomic mass is 19.1. The summed E-state index contributed by atoms with van der Waals surface area (Å²) in [5.41, 5.74) is 1.18. The van der Waals surface area contributed by atoms with Crippen molar-refractivity contribution in [3.8, 4) is 22.6 Å². The molecule has 0 aliphatic heterocycles. The lowest BCUT2D eigenvalue weighted by Gasteiger charge is -2.09. The van der Waals surface area contributed by atoms with Crippen molar-refractivity contribution in [1.82, 2.24) is 0 Å². The molecule has 0 heterocycles. The van der Waals surface area contributed by atoms with Crippen molar-refractivity contribution in [2.75, 3.05) is 14.2 Å². The highest BCUT2D eigenvalue weighted by Crippen LogP contribution is 2.29. The number of carbonyl (C=O) groups is 1. The zero-order valence-electron chi connectivity index (χ0n) is 11.0. The minimum Gasteiger partial charge on any atom is -0.496 e. The molecule has 2 rings (SSSR count). The largest absolute Gasteiger partial charge is 0.496 e. The van der Waals surface area contributed by atoms with E-state index in [0.717, 1.165) is 0 Å². The van der Waals surface area contributed by atoms with Gasteiger partial charge in [0.2, 0.25) is 0 Å². The molecular weight excluding hydrogens is 263 g/mol. The number of hydrogen-bond acceptors (Lipinski definition) is 3. The van der Waals surface area contributed by atoms with Crippen molar-refractivity contribution in [1.29, 1.82) is 0 Å². The number of carboxylic acid groups (broad SMARTS) is 1. The fraction of sp³-hybridized carbons (Fsp3) is 0.133. The van der Waals surface area contributed by atoms with E-state index in [-0.39, 0.29) is 17.1 Å². The van der Waals surface area contributed by atoms with Crippen molar-refractivity contribution in [3.63, 3.8) is 0 Å². The second-order valence-corrected chi connectivity index (χ2v) is 4.07. The van der Waals surface area contributed by atoms with Crippen LogP contribution >= 0.6 is 0 Å². The Bertz CT molecular complexity index is 652. The highest BCUT2D eigenvalue weighted by molar-refractivity contribution is 5.92. The van der Waals surface area contributed by atoms with Crippen LogP contribution in [-0.2, 0) is 0 Å². The molecule has 0 bridgehead atoms. The standard InChI is InChI=1S/C15H13FO4/c1-19-13-5-3-9(7-11(13)15(17)18)10-4-6-14(20-2)12(16)8-10/h3-8H,1-2H3,(H,17,18). The predicted octanol–water partition coefficient (Wildman–Crippen LogP) is 3.21.